The number of aromatic nitrogens is 1. The Balaban J connectivity index is 1.71. The summed E-state index contributed by atoms with van der Waals surface area (Å²) >= 11 is 14.8. The van der Waals surface area contributed by atoms with Crippen LogP contribution in [0, 0.1) is 5.92 Å². The average molecular weight is 454 g/mol. The third-order valence-corrected chi connectivity index (χ3v) is 6.26. The highest BCUT2D eigenvalue weighted by molar-refractivity contribution is 7.20. The minimum Gasteiger partial charge on any atom is -0.340 e. The molecule has 0 aliphatic rings. The van der Waals surface area contributed by atoms with Gasteiger partial charge in [-0.1, -0.05) is 49.2 Å². The molecule has 1 atom stereocenters. The zero-order valence-electron chi connectivity index (χ0n) is 15.0. The summed E-state index contributed by atoms with van der Waals surface area (Å²) in [7, 11) is 0. The fourth-order valence-electron chi connectivity index (χ4n) is 2.48. The molecule has 0 saturated heterocycles. The molecule has 28 heavy (non-hydrogen) atoms. The van der Waals surface area contributed by atoms with Gasteiger partial charge in [-0.3, -0.25) is 9.59 Å². The Morgan fingerprint density at radius 1 is 1.11 bits per heavy atom. The first kappa shape index (κ1) is 20.8. The Bertz CT molecular complexity index is 1000. The van der Waals surface area contributed by atoms with Crippen LogP contribution in [0.2, 0.25) is 9.36 Å². The topological polar surface area (TPSA) is 71.1 Å². The highest BCUT2D eigenvalue weighted by Gasteiger charge is 2.26. The van der Waals surface area contributed by atoms with E-state index in [0.717, 1.165) is 10.6 Å². The van der Waals surface area contributed by atoms with E-state index < -0.39 is 11.9 Å². The van der Waals surface area contributed by atoms with E-state index >= 15 is 0 Å². The zero-order chi connectivity index (χ0) is 20.3. The summed E-state index contributed by atoms with van der Waals surface area (Å²) in [6.45, 7) is 3.72. The van der Waals surface area contributed by atoms with Gasteiger partial charge >= 0.3 is 0 Å². The van der Waals surface area contributed by atoms with Crippen molar-refractivity contribution in [2.24, 2.45) is 5.92 Å². The number of nitrogens with one attached hydrogen (secondary N) is 2. The smallest absolute Gasteiger partial charge is 0.253 e. The summed E-state index contributed by atoms with van der Waals surface area (Å²) in [4.78, 5) is 30.6. The lowest BCUT2D eigenvalue weighted by Crippen LogP contribution is -2.47. The van der Waals surface area contributed by atoms with Crippen molar-refractivity contribution in [3.63, 3.8) is 0 Å². The SMILES string of the molecule is CC(C)[C@@H](NC(=O)c1ccccc1Cl)C(=O)Nc1nc(-c2ccc(Cl)s2)cs1. The van der Waals surface area contributed by atoms with Crippen molar-refractivity contribution in [3.8, 4) is 10.6 Å². The number of anilines is 1. The van der Waals surface area contributed by atoms with Gasteiger partial charge < -0.3 is 10.6 Å². The summed E-state index contributed by atoms with van der Waals surface area (Å²) < 4.78 is 0.677. The fraction of sp³-hybridized carbons (Fsp3) is 0.211. The van der Waals surface area contributed by atoms with E-state index in [9.17, 15) is 9.59 Å². The van der Waals surface area contributed by atoms with Crippen LogP contribution in [0.1, 0.15) is 24.2 Å². The molecule has 3 aromatic rings. The Kier molecular flexibility index (Phi) is 6.72. The van der Waals surface area contributed by atoms with E-state index in [2.05, 4.69) is 15.6 Å². The minimum atomic E-state index is -0.729. The van der Waals surface area contributed by atoms with Crippen LogP contribution in [0.15, 0.2) is 41.8 Å². The lowest BCUT2D eigenvalue weighted by atomic mass is 10.0. The maximum atomic E-state index is 12.7. The van der Waals surface area contributed by atoms with Crippen molar-refractivity contribution >= 4 is 62.8 Å². The Hall–Kier alpha value is -1.93. The summed E-state index contributed by atoms with van der Waals surface area (Å²) in [6, 6.07) is 9.67. The van der Waals surface area contributed by atoms with Crippen LogP contribution in [-0.4, -0.2) is 22.8 Å². The Labute approximate surface area is 180 Å². The standard InChI is InChI=1S/C19H17Cl2N3O2S2/c1-10(2)16(23-17(25)11-5-3-4-6-12(11)20)18(26)24-19-22-13(9-27-19)14-7-8-15(21)28-14/h3-10,16H,1-2H3,(H,23,25)(H,22,24,26)/t16-/m1/s1. The van der Waals surface area contributed by atoms with Gasteiger partial charge in [-0.05, 0) is 30.2 Å². The van der Waals surface area contributed by atoms with Gasteiger partial charge in [0, 0.05) is 5.38 Å². The fourth-order valence-corrected chi connectivity index (χ4v) is 4.49. The van der Waals surface area contributed by atoms with Gasteiger partial charge in [0.2, 0.25) is 5.91 Å². The molecular formula is C19H17Cl2N3O2S2. The molecule has 0 fully saturated rings. The first-order valence-corrected chi connectivity index (χ1v) is 10.9. The summed E-state index contributed by atoms with van der Waals surface area (Å²) in [5.41, 5.74) is 1.08. The Morgan fingerprint density at radius 2 is 1.86 bits per heavy atom. The van der Waals surface area contributed by atoms with Crippen LogP contribution in [0.25, 0.3) is 10.6 Å². The van der Waals surface area contributed by atoms with Gasteiger partial charge in [-0.2, -0.15) is 0 Å². The molecule has 3 rings (SSSR count). The number of carbonyl (C=O) groups is 2. The second-order valence-electron chi connectivity index (χ2n) is 6.31. The quantitative estimate of drug-likeness (QED) is 0.512. The summed E-state index contributed by atoms with van der Waals surface area (Å²) in [5.74, 6) is -0.852. The number of nitrogens with zero attached hydrogens (tertiary/aromatic N) is 1. The lowest BCUT2D eigenvalue weighted by Gasteiger charge is -2.21. The van der Waals surface area contributed by atoms with Crippen molar-refractivity contribution in [2.45, 2.75) is 19.9 Å². The molecule has 2 N–H and O–H groups in total. The molecule has 0 spiro atoms. The second-order valence-corrected chi connectivity index (χ2v) is 9.29. The van der Waals surface area contributed by atoms with Crippen molar-refractivity contribution in [1.82, 2.24) is 10.3 Å². The first-order valence-electron chi connectivity index (χ1n) is 8.42. The summed E-state index contributed by atoms with van der Waals surface area (Å²) in [6.07, 6.45) is 0. The number of carbonyl (C=O) groups excluding carboxylic acids is 2. The van der Waals surface area contributed by atoms with Gasteiger partial charge in [0.25, 0.3) is 5.91 Å². The molecule has 0 unspecified atom stereocenters. The Morgan fingerprint density at radius 3 is 2.50 bits per heavy atom. The highest BCUT2D eigenvalue weighted by Crippen LogP contribution is 2.32. The van der Waals surface area contributed by atoms with E-state index in [1.54, 1.807) is 30.3 Å². The molecule has 5 nitrogen and oxygen atoms in total. The number of rotatable bonds is 6. The predicted octanol–water partition coefficient (Wildman–Crippen LogP) is 5.57. The monoisotopic (exact) mass is 453 g/mol. The van der Waals surface area contributed by atoms with Crippen LogP contribution in [0.3, 0.4) is 0 Å². The summed E-state index contributed by atoms with van der Waals surface area (Å²) in [5, 5.41) is 8.19. The van der Waals surface area contributed by atoms with Crippen molar-refractivity contribution in [3.05, 3.63) is 56.7 Å². The second kappa shape index (κ2) is 9.05. The van der Waals surface area contributed by atoms with Crippen molar-refractivity contribution in [1.29, 1.82) is 0 Å². The molecule has 9 heteroatoms. The van der Waals surface area contributed by atoms with Gasteiger partial charge in [-0.15, -0.1) is 22.7 Å². The number of halogens is 2. The number of thiazole rings is 1. The molecule has 0 aliphatic heterocycles. The average Bonchev–Trinajstić information content (AvgIpc) is 3.28. The number of benzene rings is 1. The van der Waals surface area contributed by atoms with E-state index in [0.29, 0.717) is 20.1 Å². The van der Waals surface area contributed by atoms with Gasteiger partial charge in [-0.25, -0.2) is 4.98 Å². The number of hydrogen-bond acceptors (Lipinski definition) is 5. The van der Waals surface area contributed by atoms with Crippen molar-refractivity contribution in [2.75, 3.05) is 5.32 Å². The van der Waals surface area contributed by atoms with Crippen LogP contribution in [0.4, 0.5) is 5.13 Å². The lowest BCUT2D eigenvalue weighted by molar-refractivity contribution is -0.118. The van der Waals surface area contributed by atoms with Crippen LogP contribution in [-0.2, 0) is 4.79 Å². The van der Waals surface area contributed by atoms with Gasteiger partial charge in [0.05, 0.1) is 25.5 Å². The molecular weight excluding hydrogens is 437 g/mol. The largest absolute Gasteiger partial charge is 0.340 e. The minimum absolute atomic E-state index is 0.123. The highest BCUT2D eigenvalue weighted by atomic mass is 35.5. The third-order valence-electron chi connectivity index (χ3n) is 3.91. The number of thiophene rings is 1. The maximum absolute atomic E-state index is 12.7. The van der Waals surface area contributed by atoms with Crippen LogP contribution < -0.4 is 10.6 Å². The molecule has 146 valence electrons. The van der Waals surface area contributed by atoms with Crippen LogP contribution >= 0.6 is 45.9 Å². The van der Waals surface area contributed by atoms with E-state index in [1.807, 2.05) is 25.3 Å². The van der Waals surface area contributed by atoms with Crippen LogP contribution in [0.5, 0.6) is 0 Å². The van der Waals surface area contributed by atoms with Gasteiger partial charge in [0.1, 0.15) is 6.04 Å². The molecule has 1 aromatic carbocycles. The normalized spacial score (nSPS) is 12.0. The molecule has 2 heterocycles. The molecule has 0 saturated carbocycles. The maximum Gasteiger partial charge on any atom is 0.253 e. The van der Waals surface area contributed by atoms with E-state index in [1.165, 1.54) is 22.7 Å². The first-order chi connectivity index (χ1) is 13.3. The van der Waals surface area contributed by atoms with E-state index in [4.69, 9.17) is 23.2 Å². The molecule has 0 bridgehead atoms. The third kappa shape index (κ3) is 4.91. The number of hydrogen-bond donors (Lipinski definition) is 2. The molecule has 0 aliphatic carbocycles. The molecule has 2 aromatic heterocycles. The molecule has 0 radical (unpaired) electrons. The molecule has 2 amide bonds. The predicted molar refractivity (Wildman–Crippen MR) is 117 cm³/mol. The van der Waals surface area contributed by atoms with E-state index in [-0.39, 0.29) is 11.8 Å². The van der Waals surface area contributed by atoms with Crippen molar-refractivity contribution < 1.29 is 9.59 Å². The zero-order valence-corrected chi connectivity index (χ0v) is 18.2. The number of amides is 2. The van der Waals surface area contributed by atoms with Gasteiger partial charge in [0.15, 0.2) is 5.13 Å².